The summed E-state index contributed by atoms with van der Waals surface area (Å²) in [5.74, 6) is 0. The highest BCUT2D eigenvalue weighted by Gasteiger charge is 2.15. The number of nitrogens with zero attached hydrogens (tertiary/aromatic N) is 1. The molecule has 1 aromatic heterocycles. The van der Waals surface area contributed by atoms with Crippen LogP contribution in [-0.4, -0.2) is 7.11 Å². The number of nitriles is 1. The molecule has 0 aliphatic carbocycles. The Hall–Kier alpha value is -0.270. The SMILES string of the molecule is COC(C#N)c1cc(Cl)sc1Cl. The molecule has 0 bridgehead atoms. The number of methoxy groups -OCH3 is 1. The van der Waals surface area contributed by atoms with Crippen LogP contribution in [0.4, 0.5) is 0 Å². The molecule has 1 unspecified atom stereocenters. The Balaban J connectivity index is 3.02. The molecule has 0 aliphatic rings. The molecule has 0 aliphatic heterocycles. The molecule has 1 rings (SSSR count). The summed E-state index contributed by atoms with van der Waals surface area (Å²) >= 11 is 12.7. The summed E-state index contributed by atoms with van der Waals surface area (Å²) in [5.41, 5.74) is 0.636. The van der Waals surface area contributed by atoms with Gasteiger partial charge in [0.2, 0.25) is 0 Å². The molecule has 1 aromatic rings. The van der Waals surface area contributed by atoms with Crippen LogP contribution in [0.5, 0.6) is 0 Å². The van der Waals surface area contributed by atoms with Crippen LogP contribution in [-0.2, 0) is 4.74 Å². The van der Waals surface area contributed by atoms with Gasteiger partial charge in [0.1, 0.15) is 4.34 Å². The first-order valence-electron chi connectivity index (χ1n) is 3.06. The monoisotopic (exact) mass is 221 g/mol. The number of hydrogen-bond acceptors (Lipinski definition) is 3. The van der Waals surface area contributed by atoms with Crippen molar-refractivity contribution >= 4 is 34.5 Å². The molecule has 0 saturated heterocycles. The molecular weight excluding hydrogens is 217 g/mol. The van der Waals surface area contributed by atoms with Crippen LogP contribution in [0.3, 0.4) is 0 Å². The number of halogens is 2. The van der Waals surface area contributed by atoms with Crippen molar-refractivity contribution < 1.29 is 4.74 Å². The lowest BCUT2D eigenvalue weighted by molar-refractivity contribution is 0.149. The van der Waals surface area contributed by atoms with E-state index in [9.17, 15) is 0 Å². The lowest BCUT2D eigenvalue weighted by Gasteiger charge is -2.03. The van der Waals surface area contributed by atoms with E-state index in [1.165, 1.54) is 18.4 Å². The van der Waals surface area contributed by atoms with E-state index in [1.54, 1.807) is 6.07 Å². The molecule has 2 nitrogen and oxygen atoms in total. The molecule has 0 saturated carbocycles. The molecule has 12 heavy (non-hydrogen) atoms. The molecule has 1 atom stereocenters. The normalized spacial score (nSPS) is 12.5. The van der Waals surface area contributed by atoms with Crippen molar-refractivity contribution in [2.75, 3.05) is 7.11 Å². The second kappa shape index (κ2) is 4.11. The van der Waals surface area contributed by atoms with E-state index < -0.39 is 6.10 Å². The summed E-state index contributed by atoms with van der Waals surface area (Å²) in [4.78, 5) is 0. The van der Waals surface area contributed by atoms with E-state index in [4.69, 9.17) is 33.2 Å². The average Bonchev–Trinajstić information content (AvgIpc) is 2.34. The predicted octanol–water partition coefficient (Wildman–Crippen LogP) is 3.27. The van der Waals surface area contributed by atoms with Crippen LogP contribution in [0.2, 0.25) is 8.67 Å². The number of rotatable bonds is 2. The van der Waals surface area contributed by atoms with Gasteiger partial charge in [0.25, 0.3) is 0 Å². The van der Waals surface area contributed by atoms with Crippen LogP contribution < -0.4 is 0 Å². The van der Waals surface area contributed by atoms with Crippen molar-refractivity contribution in [3.63, 3.8) is 0 Å². The van der Waals surface area contributed by atoms with Gasteiger partial charge in [-0.25, -0.2) is 0 Å². The van der Waals surface area contributed by atoms with E-state index in [0.717, 1.165) is 0 Å². The Morgan fingerprint density at radius 3 is 2.67 bits per heavy atom. The lowest BCUT2D eigenvalue weighted by Crippen LogP contribution is -1.95. The van der Waals surface area contributed by atoms with E-state index >= 15 is 0 Å². The molecule has 0 radical (unpaired) electrons. The minimum atomic E-state index is -0.624. The van der Waals surface area contributed by atoms with Crippen LogP contribution >= 0.6 is 34.5 Å². The third-order valence-corrected chi connectivity index (χ3v) is 2.84. The predicted molar refractivity (Wildman–Crippen MR) is 49.7 cm³/mol. The van der Waals surface area contributed by atoms with Crippen LogP contribution in [0.1, 0.15) is 11.7 Å². The zero-order valence-electron chi connectivity index (χ0n) is 6.17. The van der Waals surface area contributed by atoms with E-state index in [2.05, 4.69) is 0 Å². The van der Waals surface area contributed by atoms with E-state index in [-0.39, 0.29) is 0 Å². The summed E-state index contributed by atoms with van der Waals surface area (Å²) < 4.78 is 5.95. The maximum atomic E-state index is 8.64. The Bertz CT molecular complexity index is 318. The van der Waals surface area contributed by atoms with E-state index in [1.807, 2.05) is 6.07 Å². The minimum Gasteiger partial charge on any atom is -0.362 e. The van der Waals surface area contributed by atoms with Gasteiger partial charge in [0.05, 0.1) is 10.4 Å². The lowest BCUT2D eigenvalue weighted by atomic mass is 10.2. The number of thiophene rings is 1. The Morgan fingerprint density at radius 2 is 2.33 bits per heavy atom. The van der Waals surface area contributed by atoms with E-state index in [0.29, 0.717) is 14.2 Å². The third kappa shape index (κ3) is 1.90. The van der Waals surface area contributed by atoms with Crippen molar-refractivity contribution in [2.24, 2.45) is 0 Å². The zero-order chi connectivity index (χ0) is 9.14. The Labute approximate surface area is 84.3 Å². The number of ether oxygens (including phenoxy) is 1. The molecule has 0 aromatic carbocycles. The second-order valence-corrected chi connectivity index (χ2v) is 4.31. The van der Waals surface area contributed by atoms with Gasteiger partial charge in [-0.3, -0.25) is 0 Å². The van der Waals surface area contributed by atoms with Gasteiger partial charge in [-0.2, -0.15) is 5.26 Å². The van der Waals surface area contributed by atoms with Crippen LogP contribution in [0.25, 0.3) is 0 Å². The first-order chi connectivity index (χ1) is 5.69. The summed E-state index contributed by atoms with van der Waals surface area (Å²) in [6.45, 7) is 0. The van der Waals surface area contributed by atoms with Gasteiger partial charge in [-0.15, -0.1) is 11.3 Å². The van der Waals surface area contributed by atoms with Crippen molar-refractivity contribution in [1.82, 2.24) is 0 Å². The molecule has 0 N–H and O–H groups in total. The fourth-order valence-corrected chi connectivity index (χ4v) is 2.29. The van der Waals surface area contributed by atoms with Crippen molar-refractivity contribution in [3.8, 4) is 6.07 Å². The molecule has 0 amide bonds. The second-order valence-electron chi connectivity index (χ2n) is 2.02. The third-order valence-electron chi connectivity index (χ3n) is 1.32. The van der Waals surface area contributed by atoms with Crippen LogP contribution in [0, 0.1) is 11.3 Å². The van der Waals surface area contributed by atoms with Gasteiger partial charge in [-0.05, 0) is 6.07 Å². The first kappa shape index (κ1) is 9.82. The van der Waals surface area contributed by atoms with Gasteiger partial charge in [0.15, 0.2) is 6.10 Å². The molecule has 0 fully saturated rings. The fraction of sp³-hybridized carbons (Fsp3) is 0.286. The summed E-state index contributed by atoms with van der Waals surface area (Å²) in [6, 6.07) is 3.61. The molecule has 0 spiro atoms. The summed E-state index contributed by atoms with van der Waals surface area (Å²) in [6.07, 6.45) is -0.624. The molecule has 64 valence electrons. The first-order valence-corrected chi connectivity index (χ1v) is 4.63. The molecule has 1 heterocycles. The largest absolute Gasteiger partial charge is 0.362 e. The average molecular weight is 222 g/mol. The maximum Gasteiger partial charge on any atom is 0.170 e. The topological polar surface area (TPSA) is 33.0 Å². The number of hydrogen-bond donors (Lipinski definition) is 0. The summed E-state index contributed by atoms with van der Waals surface area (Å²) in [7, 11) is 1.45. The standard InChI is InChI=1S/C7H5Cl2NOS/c1-11-5(3-10)4-2-6(8)12-7(4)9/h2,5H,1H3. The maximum absolute atomic E-state index is 8.64. The Kier molecular flexibility index (Phi) is 3.36. The highest BCUT2D eigenvalue weighted by atomic mass is 35.5. The van der Waals surface area contributed by atoms with Gasteiger partial charge >= 0.3 is 0 Å². The van der Waals surface area contributed by atoms with Crippen LogP contribution in [0.15, 0.2) is 6.07 Å². The van der Waals surface area contributed by atoms with Crippen molar-refractivity contribution in [3.05, 3.63) is 20.3 Å². The Morgan fingerprint density at radius 1 is 1.67 bits per heavy atom. The summed E-state index contributed by atoms with van der Waals surface area (Å²) in [5, 5.41) is 8.64. The highest BCUT2D eigenvalue weighted by molar-refractivity contribution is 7.20. The smallest absolute Gasteiger partial charge is 0.170 e. The zero-order valence-corrected chi connectivity index (χ0v) is 8.50. The molecule has 5 heteroatoms. The fourth-order valence-electron chi connectivity index (χ4n) is 0.781. The van der Waals surface area contributed by atoms with Gasteiger partial charge in [0, 0.05) is 12.7 Å². The van der Waals surface area contributed by atoms with Crippen molar-refractivity contribution in [2.45, 2.75) is 6.10 Å². The van der Waals surface area contributed by atoms with Crippen molar-refractivity contribution in [1.29, 1.82) is 5.26 Å². The highest BCUT2D eigenvalue weighted by Crippen LogP contribution is 2.35. The molecular formula is C7H5Cl2NOS. The minimum absolute atomic E-state index is 0.508. The van der Waals surface area contributed by atoms with Gasteiger partial charge < -0.3 is 4.74 Å². The quantitative estimate of drug-likeness (QED) is 0.769. The van der Waals surface area contributed by atoms with Gasteiger partial charge in [-0.1, -0.05) is 23.2 Å².